The Morgan fingerprint density at radius 2 is 1.23 bits per heavy atom. The lowest BCUT2D eigenvalue weighted by Gasteiger charge is -2.24. The second-order valence-electron chi connectivity index (χ2n) is 15.2. The molecule has 2 aliphatic rings. The van der Waals surface area contributed by atoms with Gasteiger partial charge in [-0.05, 0) is 56.5 Å². The summed E-state index contributed by atoms with van der Waals surface area (Å²) in [6, 6.07) is 20.4. The maximum absolute atomic E-state index is 12.5. The first-order valence-corrected chi connectivity index (χ1v) is 21.7. The van der Waals surface area contributed by atoms with Crippen LogP contribution in [0.1, 0.15) is 166 Å². The summed E-state index contributed by atoms with van der Waals surface area (Å²) in [6.07, 6.45) is 26.6. The Kier molecular flexibility index (Phi) is 19.0. The van der Waals surface area contributed by atoms with Crippen LogP contribution in [-0.4, -0.2) is 37.3 Å². The number of aromatic carboxylic acids is 1. The molecule has 0 saturated carbocycles. The van der Waals surface area contributed by atoms with Gasteiger partial charge < -0.3 is 14.4 Å². The fraction of sp³-hybridized carbons (Fsp3) is 0.583. The highest BCUT2D eigenvalue weighted by Gasteiger charge is 2.23. The van der Waals surface area contributed by atoms with Crippen LogP contribution in [0.3, 0.4) is 0 Å². The average molecular weight is 724 g/mol. The van der Waals surface area contributed by atoms with E-state index in [0.717, 1.165) is 70.6 Å². The predicted molar refractivity (Wildman–Crippen MR) is 227 cm³/mol. The number of carboxylic acids is 1. The smallest absolute Gasteiger partial charge is 0.336 e. The van der Waals surface area contributed by atoms with Crippen molar-refractivity contribution in [3.05, 3.63) is 71.6 Å². The number of unbranched alkanes of at least 4 members (excludes halogenated alkanes) is 18. The Labute approximate surface area is 321 Å². The number of nitrogens with zero attached hydrogens (tertiary/aromatic N) is 2. The molecule has 0 fully saturated rings. The molecule has 2 aromatic carbocycles. The van der Waals surface area contributed by atoms with Gasteiger partial charge in [-0.25, -0.2) is 9.37 Å². The summed E-state index contributed by atoms with van der Waals surface area (Å²) in [5, 5.41) is 12.3. The minimum Gasteiger partial charge on any atom is -0.478 e. The number of hydrogen-bond acceptors (Lipinski definition) is 3. The lowest BCUT2D eigenvalue weighted by Crippen LogP contribution is -2.30. The molecule has 5 nitrogen and oxygen atoms in total. The van der Waals surface area contributed by atoms with Gasteiger partial charge in [0.25, 0.3) is 0 Å². The van der Waals surface area contributed by atoms with E-state index in [9.17, 15) is 9.90 Å². The maximum Gasteiger partial charge on any atom is 0.336 e. The van der Waals surface area contributed by atoms with Crippen molar-refractivity contribution in [3.63, 3.8) is 0 Å². The third kappa shape index (κ3) is 13.0. The van der Waals surface area contributed by atoms with Gasteiger partial charge >= 0.3 is 5.97 Å². The van der Waals surface area contributed by atoms with Crippen molar-refractivity contribution >= 4 is 22.6 Å². The summed E-state index contributed by atoms with van der Waals surface area (Å²) in [5.41, 5.74) is 4.84. The zero-order chi connectivity index (χ0) is 37.7. The summed E-state index contributed by atoms with van der Waals surface area (Å²) in [4.78, 5) is 14.9. The molecule has 0 bridgehead atoms. The molecule has 4 rings (SSSR count). The molecule has 290 valence electrons. The normalized spacial score (nSPS) is 12.2. The van der Waals surface area contributed by atoms with Crippen molar-refractivity contribution in [2.45, 2.75) is 156 Å². The third-order valence-electron chi connectivity index (χ3n) is 11.2. The van der Waals surface area contributed by atoms with Crippen LogP contribution in [0.5, 0.6) is 0 Å². The van der Waals surface area contributed by atoms with Crippen molar-refractivity contribution in [3.8, 4) is 22.5 Å². The maximum atomic E-state index is 12.5. The average Bonchev–Trinajstić information content (AvgIpc) is 3.18. The molecule has 1 aliphatic heterocycles. The molecular formula is C48H71N2O3+. The highest BCUT2D eigenvalue weighted by molar-refractivity contribution is 6.07. The number of carboxylic acid groups (broad SMARTS) is 1. The van der Waals surface area contributed by atoms with E-state index < -0.39 is 5.97 Å². The van der Waals surface area contributed by atoms with Gasteiger partial charge in [0.1, 0.15) is 24.4 Å². The van der Waals surface area contributed by atoms with Gasteiger partial charge in [-0.3, -0.25) is 0 Å². The van der Waals surface area contributed by atoms with Crippen molar-refractivity contribution in [1.29, 1.82) is 0 Å². The van der Waals surface area contributed by atoms with E-state index in [-0.39, 0.29) is 0 Å². The Morgan fingerprint density at radius 1 is 0.642 bits per heavy atom. The van der Waals surface area contributed by atoms with Crippen LogP contribution in [0.15, 0.2) is 65.1 Å². The van der Waals surface area contributed by atoms with Gasteiger partial charge in [0.2, 0.25) is 5.36 Å². The number of anilines is 1. The van der Waals surface area contributed by atoms with Crippen LogP contribution in [0.4, 0.5) is 5.69 Å². The highest BCUT2D eigenvalue weighted by atomic mass is 16.4. The molecule has 0 unspecified atom stereocenters. The second kappa shape index (κ2) is 23.9. The fourth-order valence-corrected chi connectivity index (χ4v) is 7.96. The highest BCUT2D eigenvalue weighted by Crippen LogP contribution is 2.42. The van der Waals surface area contributed by atoms with E-state index >= 15 is 0 Å². The Morgan fingerprint density at radius 3 is 1.81 bits per heavy atom. The molecule has 0 aromatic heterocycles. The van der Waals surface area contributed by atoms with Crippen molar-refractivity contribution in [2.75, 3.05) is 31.1 Å². The Hall–Kier alpha value is -3.60. The fourth-order valence-electron chi connectivity index (χ4n) is 7.96. The van der Waals surface area contributed by atoms with Crippen LogP contribution < -0.4 is 14.8 Å². The second-order valence-corrected chi connectivity index (χ2v) is 15.2. The summed E-state index contributed by atoms with van der Waals surface area (Å²) >= 11 is 0. The van der Waals surface area contributed by atoms with Gasteiger partial charge in [0.05, 0.1) is 11.6 Å². The van der Waals surface area contributed by atoms with Gasteiger partial charge in [0, 0.05) is 53.8 Å². The van der Waals surface area contributed by atoms with Crippen LogP contribution >= 0.6 is 0 Å². The molecule has 1 aliphatic carbocycles. The number of fused-ring (bicyclic) bond motifs is 2. The third-order valence-corrected chi connectivity index (χ3v) is 11.2. The zero-order valence-corrected chi connectivity index (χ0v) is 33.9. The van der Waals surface area contributed by atoms with Gasteiger partial charge in [-0.15, -0.1) is 0 Å². The number of carbonyl (C=O) groups is 1. The quantitative estimate of drug-likeness (QED) is 0.0378. The largest absolute Gasteiger partial charge is 0.478 e. The summed E-state index contributed by atoms with van der Waals surface area (Å²) in [6.45, 7) is 12.9. The minimum absolute atomic E-state index is 0.307. The SMILES string of the molecule is CCCCCCCCCCCCN(CC)c1ccc2c(-c3ccccc3C(=O)O)c3ccc(=[N+](CC)CCCCCCCCCCCC)cc-3oc2c1. The van der Waals surface area contributed by atoms with Crippen molar-refractivity contribution < 1.29 is 14.3 Å². The van der Waals surface area contributed by atoms with E-state index in [4.69, 9.17) is 4.42 Å². The van der Waals surface area contributed by atoms with E-state index in [0.29, 0.717) is 5.56 Å². The molecular weight excluding hydrogens is 653 g/mol. The molecule has 1 N–H and O–H groups in total. The molecule has 0 saturated heterocycles. The van der Waals surface area contributed by atoms with Gasteiger partial charge in [-0.1, -0.05) is 141 Å². The Bertz CT molecular complexity index is 1690. The summed E-state index contributed by atoms with van der Waals surface area (Å²) in [7, 11) is 0. The minimum atomic E-state index is -0.918. The Balaban J connectivity index is 1.55. The van der Waals surface area contributed by atoms with Crippen molar-refractivity contribution in [1.82, 2.24) is 4.58 Å². The van der Waals surface area contributed by atoms with E-state index in [2.05, 4.69) is 73.6 Å². The number of hydrogen-bond donors (Lipinski definition) is 1. The van der Waals surface area contributed by atoms with Crippen LogP contribution in [0, 0.1) is 0 Å². The number of rotatable bonds is 27. The summed E-state index contributed by atoms with van der Waals surface area (Å²) < 4.78 is 9.24. The number of benzene rings is 3. The first-order valence-electron chi connectivity index (χ1n) is 21.7. The van der Waals surface area contributed by atoms with Crippen molar-refractivity contribution in [2.24, 2.45) is 0 Å². The monoisotopic (exact) mass is 724 g/mol. The first-order chi connectivity index (χ1) is 26.0. The molecule has 0 spiro atoms. The van der Waals surface area contributed by atoms with Gasteiger partial charge in [-0.2, -0.15) is 0 Å². The molecule has 0 atom stereocenters. The van der Waals surface area contributed by atoms with E-state index in [1.54, 1.807) is 12.1 Å². The summed E-state index contributed by atoms with van der Waals surface area (Å²) in [5.74, 6) is -0.125. The van der Waals surface area contributed by atoms with Crippen LogP contribution in [0.25, 0.3) is 33.4 Å². The zero-order valence-electron chi connectivity index (χ0n) is 33.9. The molecule has 1 heterocycles. The standard InChI is InChI=1S/C48H70N2O3/c1-5-9-11-13-15-17-19-21-23-27-35-49(7-3)39-31-33-43-45(37-39)53-46-38-40(50(8-4)36-28-24-22-20-18-16-14-12-10-6-2)32-34-44(46)47(43)41-29-25-26-30-42(41)48(51)52/h25-26,29-34,37-38H,5-24,27-28,35-36H2,1-4H3/p+1. The van der Waals surface area contributed by atoms with E-state index in [1.807, 2.05) is 12.1 Å². The lowest BCUT2D eigenvalue weighted by atomic mass is 9.90. The van der Waals surface area contributed by atoms with E-state index in [1.165, 1.54) is 128 Å². The lowest BCUT2D eigenvalue weighted by molar-refractivity contribution is 0.0697. The molecule has 2 aromatic rings. The predicted octanol–water partition coefficient (Wildman–Crippen LogP) is 13.4. The van der Waals surface area contributed by atoms with Gasteiger partial charge in [0.15, 0.2) is 0 Å². The topological polar surface area (TPSA) is 56.7 Å². The molecule has 5 heteroatoms. The molecule has 53 heavy (non-hydrogen) atoms. The van der Waals surface area contributed by atoms with Crippen LogP contribution in [0.2, 0.25) is 0 Å². The molecule has 0 radical (unpaired) electrons. The molecule has 0 amide bonds. The van der Waals surface area contributed by atoms with Crippen LogP contribution in [-0.2, 0) is 0 Å². The first kappa shape index (κ1) is 42.1.